The molecule has 8 heteroatoms. The van der Waals surface area contributed by atoms with E-state index in [9.17, 15) is 14.9 Å². The van der Waals surface area contributed by atoms with Crippen molar-refractivity contribution < 1.29 is 14.3 Å². The Labute approximate surface area is 184 Å². The van der Waals surface area contributed by atoms with Crippen molar-refractivity contribution in [3.63, 3.8) is 0 Å². The zero-order valence-electron chi connectivity index (χ0n) is 16.5. The summed E-state index contributed by atoms with van der Waals surface area (Å²) in [6, 6.07) is 14.8. The molecular weight excluding hydrogens is 422 g/mol. The van der Waals surface area contributed by atoms with E-state index in [0.29, 0.717) is 27.1 Å². The highest BCUT2D eigenvalue weighted by Crippen LogP contribution is 2.39. The fraction of sp³-hybridized carbons (Fsp3) is 0.227. The number of nitrogens with one attached hydrogen (secondary N) is 2. The number of hydrogen-bond acceptors (Lipinski definition) is 5. The van der Waals surface area contributed by atoms with Crippen LogP contribution in [0.2, 0.25) is 5.02 Å². The van der Waals surface area contributed by atoms with Gasteiger partial charge in [-0.05, 0) is 30.7 Å². The van der Waals surface area contributed by atoms with Crippen molar-refractivity contribution in [3.05, 3.63) is 69.2 Å². The van der Waals surface area contributed by atoms with Crippen molar-refractivity contribution in [1.29, 1.82) is 5.26 Å². The van der Waals surface area contributed by atoms with Crippen molar-refractivity contribution in [2.45, 2.75) is 19.3 Å². The lowest BCUT2D eigenvalue weighted by atomic mass is 9.86. The maximum atomic E-state index is 12.4. The number of thioether (sulfide) groups is 1. The highest BCUT2D eigenvalue weighted by atomic mass is 35.5. The third-order valence-electron chi connectivity index (χ3n) is 4.76. The number of methoxy groups -OCH3 is 1. The van der Waals surface area contributed by atoms with E-state index >= 15 is 0 Å². The number of ether oxygens (including phenoxy) is 1. The Balaban J connectivity index is 1.80. The van der Waals surface area contributed by atoms with Crippen LogP contribution in [0.5, 0.6) is 5.75 Å². The maximum Gasteiger partial charge on any atom is 0.234 e. The van der Waals surface area contributed by atoms with Crippen LogP contribution in [0.25, 0.3) is 0 Å². The number of anilines is 1. The van der Waals surface area contributed by atoms with Crippen LogP contribution in [-0.2, 0) is 9.59 Å². The molecule has 1 aliphatic rings. The van der Waals surface area contributed by atoms with Crippen molar-refractivity contribution in [3.8, 4) is 11.8 Å². The van der Waals surface area contributed by atoms with Crippen molar-refractivity contribution in [2.24, 2.45) is 0 Å². The van der Waals surface area contributed by atoms with Gasteiger partial charge in [-0.15, -0.1) is 0 Å². The number of allylic oxidation sites excluding steroid dienone is 1. The van der Waals surface area contributed by atoms with E-state index in [1.165, 1.54) is 0 Å². The molecule has 0 saturated carbocycles. The molecule has 2 N–H and O–H groups in total. The molecule has 2 aromatic carbocycles. The SMILES string of the molecule is COc1ccccc1[C@@H]1CC(=O)NC(SCC(=O)Nc2cccc(Cl)c2C)=C1C#N. The molecule has 0 spiro atoms. The second-order valence-corrected chi connectivity index (χ2v) is 8.04. The zero-order valence-corrected chi connectivity index (χ0v) is 18.1. The summed E-state index contributed by atoms with van der Waals surface area (Å²) >= 11 is 7.21. The van der Waals surface area contributed by atoms with Gasteiger partial charge in [0.15, 0.2) is 0 Å². The molecule has 2 amide bonds. The number of halogens is 1. The highest BCUT2D eigenvalue weighted by Gasteiger charge is 2.31. The van der Waals surface area contributed by atoms with E-state index < -0.39 is 5.92 Å². The summed E-state index contributed by atoms with van der Waals surface area (Å²) in [5.41, 5.74) is 2.58. The van der Waals surface area contributed by atoms with Crippen molar-refractivity contribution in [1.82, 2.24) is 5.32 Å². The van der Waals surface area contributed by atoms with Gasteiger partial charge in [-0.2, -0.15) is 5.26 Å². The average Bonchev–Trinajstić information content (AvgIpc) is 2.75. The van der Waals surface area contributed by atoms with Crippen LogP contribution < -0.4 is 15.4 Å². The van der Waals surface area contributed by atoms with Crippen LogP contribution in [0.15, 0.2) is 53.1 Å². The second kappa shape index (κ2) is 9.70. The summed E-state index contributed by atoms with van der Waals surface area (Å²) < 4.78 is 5.40. The molecule has 2 aromatic rings. The normalized spacial score (nSPS) is 15.9. The van der Waals surface area contributed by atoms with Crippen molar-refractivity contribution in [2.75, 3.05) is 18.2 Å². The van der Waals surface area contributed by atoms with E-state index in [4.69, 9.17) is 16.3 Å². The summed E-state index contributed by atoms with van der Waals surface area (Å²) in [6.45, 7) is 1.82. The number of amides is 2. The molecule has 0 aliphatic carbocycles. The Kier molecular flexibility index (Phi) is 7.03. The number of rotatable bonds is 6. The molecule has 0 saturated heterocycles. The lowest BCUT2D eigenvalue weighted by Gasteiger charge is -2.26. The Morgan fingerprint density at radius 1 is 1.33 bits per heavy atom. The van der Waals surface area contributed by atoms with Gasteiger partial charge in [-0.3, -0.25) is 9.59 Å². The average molecular weight is 442 g/mol. The van der Waals surface area contributed by atoms with E-state index in [0.717, 1.165) is 22.9 Å². The first-order valence-electron chi connectivity index (χ1n) is 9.19. The van der Waals surface area contributed by atoms with Gasteiger partial charge in [-0.25, -0.2) is 0 Å². The van der Waals surface area contributed by atoms with E-state index in [1.807, 2.05) is 25.1 Å². The smallest absolute Gasteiger partial charge is 0.234 e. The van der Waals surface area contributed by atoms with Crippen LogP contribution in [0.1, 0.15) is 23.5 Å². The Morgan fingerprint density at radius 3 is 2.83 bits per heavy atom. The number of nitrogens with zero attached hydrogens (tertiary/aromatic N) is 1. The molecule has 6 nitrogen and oxygen atoms in total. The minimum Gasteiger partial charge on any atom is -0.496 e. The van der Waals surface area contributed by atoms with Crippen LogP contribution in [0.4, 0.5) is 5.69 Å². The van der Waals surface area contributed by atoms with Gasteiger partial charge < -0.3 is 15.4 Å². The van der Waals surface area contributed by atoms with E-state index in [1.54, 1.807) is 31.4 Å². The first kappa shape index (κ1) is 21.8. The largest absolute Gasteiger partial charge is 0.496 e. The standard InChI is InChI=1S/C22H20ClN3O3S/c1-13-17(23)7-5-8-18(13)25-21(28)12-30-22-16(11-24)15(10-20(27)26-22)14-6-3-4-9-19(14)29-2/h3-9,15H,10,12H2,1-2H3,(H,25,28)(H,26,27)/t15-/m0/s1. The van der Waals surface area contributed by atoms with Gasteiger partial charge in [0.2, 0.25) is 11.8 Å². The van der Waals surface area contributed by atoms with Crippen LogP contribution in [-0.4, -0.2) is 24.7 Å². The number of carbonyl (C=O) groups is 2. The number of para-hydroxylation sites is 1. The molecule has 1 aliphatic heterocycles. The molecule has 0 fully saturated rings. The number of nitriles is 1. The summed E-state index contributed by atoms with van der Waals surface area (Å²) in [4.78, 5) is 24.7. The maximum absolute atomic E-state index is 12.4. The summed E-state index contributed by atoms with van der Waals surface area (Å²) in [5.74, 6) is -0.253. The topological polar surface area (TPSA) is 91.2 Å². The molecule has 0 aromatic heterocycles. The van der Waals surface area contributed by atoms with Gasteiger partial charge in [0.05, 0.1) is 29.5 Å². The van der Waals surface area contributed by atoms with Crippen LogP contribution in [0, 0.1) is 18.3 Å². The lowest BCUT2D eigenvalue weighted by molar-refractivity contribution is -0.121. The Hall–Kier alpha value is -2.95. The molecule has 0 unspecified atom stereocenters. The van der Waals surface area contributed by atoms with Gasteiger partial charge in [0, 0.05) is 28.6 Å². The van der Waals surface area contributed by atoms with Crippen molar-refractivity contribution >= 4 is 40.9 Å². The Morgan fingerprint density at radius 2 is 2.10 bits per heavy atom. The lowest BCUT2D eigenvalue weighted by Crippen LogP contribution is -2.31. The summed E-state index contributed by atoms with van der Waals surface area (Å²) in [7, 11) is 1.55. The highest BCUT2D eigenvalue weighted by molar-refractivity contribution is 8.03. The fourth-order valence-corrected chi connectivity index (χ4v) is 4.27. The molecule has 1 atom stereocenters. The molecule has 154 valence electrons. The van der Waals surface area contributed by atoms with E-state index in [-0.39, 0.29) is 24.0 Å². The van der Waals surface area contributed by atoms with Gasteiger partial charge in [-0.1, -0.05) is 47.6 Å². The van der Waals surface area contributed by atoms with Gasteiger partial charge >= 0.3 is 0 Å². The zero-order chi connectivity index (χ0) is 21.7. The minimum atomic E-state index is -0.430. The molecular formula is C22H20ClN3O3S. The Bertz CT molecular complexity index is 1060. The molecule has 0 radical (unpaired) electrons. The first-order valence-corrected chi connectivity index (χ1v) is 10.6. The molecule has 30 heavy (non-hydrogen) atoms. The van der Waals surface area contributed by atoms with E-state index in [2.05, 4.69) is 16.7 Å². The molecule has 1 heterocycles. The van der Waals surface area contributed by atoms with Crippen LogP contribution in [0.3, 0.4) is 0 Å². The molecule has 3 rings (SSSR count). The monoisotopic (exact) mass is 441 g/mol. The second-order valence-electron chi connectivity index (χ2n) is 6.65. The number of hydrogen-bond donors (Lipinski definition) is 2. The third kappa shape index (κ3) is 4.78. The van der Waals surface area contributed by atoms with Gasteiger partial charge in [0.25, 0.3) is 0 Å². The summed E-state index contributed by atoms with van der Waals surface area (Å²) in [5, 5.41) is 16.3. The van der Waals surface area contributed by atoms with Gasteiger partial charge in [0.1, 0.15) is 5.75 Å². The predicted octanol–water partition coefficient (Wildman–Crippen LogP) is 4.37. The first-order chi connectivity index (χ1) is 14.4. The quantitative estimate of drug-likeness (QED) is 0.694. The van der Waals surface area contributed by atoms with Crippen LogP contribution >= 0.6 is 23.4 Å². The fourth-order valence-electron chi connectivity index (χ4n) is 3.22. The molecule has 0 bridgehead atoms. The summed E-state index contributed by atoms with van der Waals surface area (Å²) in [6.07, 6.45) is 0.140. The number of carbonyl (C=O) groups excluding carboxylic acids is 2. The third-order valence-corrected chi connectivity index (χ3v) is 6.19. The predicted molar refractivity (Wildman–Crippen MR) is 118 cm³/mol. The number of benzene rings is 2. The minimum absolute atomic E-state index is 0.0331.